The maximum Gasteiger partial charge on any atom is 0.228 e. The monoisotopic (exact) mass is 401 g/mol. The number of carbonyl (C=O) groups is 1. The molecule has 0 bridgehead atoms. The lowest BCUT2D eigenvalue weighted by Crippen LogP contribution is -2.51. The molecule has 1 fully saturated rings. The Bertz CT molecular complexity index is 1010. The van der Waals surface area contributed by atoms with Crippen LogP contribution in [0.3, 0.4) is 0 Å². The molecule has 0 aliphatic carbocycles. The maximum atomic E-state index is 13.3. The second-order valence-electron chi connectivity index (χ2n) is 8.15. The average molecular weight is 402 g/mol. The lowest BCUT2D eigenvalue weighted by molar-refractivity contribution is -0.139. The summed E-state index contributed by atoms with van der Waals surface area (Å²) in [5, 5.41) is 5.51. The third-order valence-electron chi connectivity index (χ3n) is 4.93. The van der Waals surface area contributed by atoms with Gasteiger partial charge in [0.1, 0.15) is 5.82 Å². The Labute approximate surface area is 167 Å². The summed E-state index contributed by atoms with van der Waals surface area (Å²) in [6.07, 6.45) is 0. The van der Waals surface area contributed by atoms with Crippen LogP contribution in [-0.4, -0.2) is 51.8 Å². The van der Waals surface area contributed by atoms with Crippen molar-refractivity contribution in [2.24, 2.45) is 5.41 Å². The predicted molar refractivity (Wildman–Crippen MR) is 110 cm³/mol. The van der Waals surface area contributed by atoms with Crippen molar-refractivity contribution in [1.82, 2.24) is 19.7 Å². The largest absolute Gasteiger partial charge is 0.344 e. The lowest BCUT2D eigenvalue weighted by Gasteiger charge is -2.37. The average Bonchev–Trinajstić information content (AvgIpc) is 3.22. The van der Waals surface area contributed by atoms with E-state index in [-0.39, 0.29) is 17.1 Å². The molecular formula is C20H24FN5OS. The molecule has 0 unspecified atom stereocenters. The number of nitrogens with zero attached hydrogens (tertiary/aromatic N) is 5. The molecule has 0 saturated carbocycles. The Hall–Kier alpha value is -2.48. The summed E-state index contributed by atoms with van der Waals surface area (Å²) in [5.74, 6) is -0.0789. The van der Waals surface area contributed by atoms with Crippen molar-refractivity contribution < 1.29 is 9.18 Å². The van der Waals surface area contributed by atoms with Crippen LogP contribution in [0.15, 0.2) is 24.3 Å². The highest BCUT2D eigenvalue weighted by Crippen LogP contribution is 2.33. The standard InChI is InChI=1S/C20H24FN5OS/c1-13-16-17(26(23-13)15-7-5-14(21)6-8-15)22-19(28-16)25-11-9-24(10-12-25)18(27)20(2,3)4/h5-8H,9-12H2,1-4H3. The normalized spacial score (nSPS) is 15.5. The number of aryl methyl sites for hydroxylation is 1. The van der Waals surface area contributed by atoms with Gasteiger partial charge in [-0.15, -0.1) is 0 Å². The molecule has 3 heterocycles. The highest BCUT2D eigenvalue weighted by Gasteiger charge is 2.30. The van der Waals surface area contributed by atoms with Gasteiger partial charge < -0.3 is 9.80 Å². The van der Waals surface area contributed by atoms with Crippen LogP contribution < -0.4 is 4.90 Å². The van der Waals surface area contributed by atoms with Crippen LogP contribution in [-0.2, 0) is 4.79 Å². The first kappa shape index (κ1) is 18.9. The number of rotatable bonds is 2. The van der Waals surface area contributed by atoms with Crippen molar-refractivity contribution in [3.05, 3.63) is 35.8 Å². The molecule has 1 aliphatic heterocycles. The summed E-state index contributed by atoms with van der Waals surface area (Å²) < 4.78 is 16.1. The van der Waals surface area contributed by atoms with Crippen LogP contribution in [0.5, 0.6) is 0 Å². The first-order chi connectivity index (χ1) is 13.2. The molecule has 2 aromatic heterocycles. The van der Waals surface area contributed by atoms with E-state index in [1.165, 1.54) is 12.1 Å². The number of hydrogen-bond donors (Lipinski definition) is 0. The predicted octanol–water partition coefficient (Wildman–Crippen LogP) is 3.62. The van der Waals surface area contributed by atoms with Gasteiger partial charge >= 0.3 is 0 Å². The molecule has 3 aromatic rings. The maximum absolute atomic E-state index is 13.3. The highest BCUT2D eigenvalue weighted by atomic mass is 32.1. The first-order valence-corrected chi connectivity index (χ1v) is 10.2. The minimum absolute atomic E-state index is 0.194. The molecule has 0 spiro atoms. The van der Waals surface area contributed by atoms with Gasteiger partial charge in [0.15, 0.2) is 10.8 Å². The molecule has 0 atom stereocenters. The van der Waals surface area contributed by atoms with E-state index in [4.69, 9.17) is 4.98 Å². The minimum atomic E-state index is -0.353. The van der Waals surface area contributed by atoms with E-state index in [1.807, 2.05) is 32.6 Å². The second-order valence-corrected chi connectivity index (χ2v) is 9.13. The number of aromatic nitrogens is 3. The number of fused-ring (bicyclic) bond motifs is 1. The summed E-state index contributed by atoms with van der Waals surface area (Å²) in [5.41, 5.74) is 2.13. The molecule has 1 aromatic carbocycles. The van der Waals surface area contributed by atoms with Gasteiger partial charge in [0.05, 0.1) is 16.1 Å². The quantitative estimate of drug-likeness (QED) is 0.658. The van der Waals surface area contributed by atoms with Crippen LogP contribution in [0.2, 0.25) is 0 Å². The Balaban J connectivity index is 1.57. The molecule has 0 radical (unpaired) electrons. The molecular weight excluding hydrogens is 377 g/mol. The number of amides is 1. The topological polar surface area (TPSA) is 54.3 Å². The molecule has 0 N–H and O–H groups in total. The van der Waals surface area contributed by atoms with Crippen molar-refractivity contribution >= 4 is 32.7 Å². The van der Waals surface area contributed by atoms with Gasteiger partial charge in [-0.25, -0.2) is 9.07 Å². The fourth-order valence-electron chi connectivity index (χ4n) is 3.40. The van der Waals surface area contributed by atoms with E-state index in [0.29, 0.717) is 13.1 Å². The van der Waals surface area contributed by atoms with Crippen molar-refractivity contribution in [3.63, 3.8) is 0 Å². The number of carbonyl (C=O) groups excluding carboxylic acids is 1. The zero-order valence-electron chi connectivity index (χ0n) is 16.6. The van der Waals surface area contributed by atoms with Crippen molar-refractivity contribution in [1.29, 1.82) is 0 Å². The van der Waals surface area contributed by atoms with Crippen molar-refractivity contribution in [3.8, 4) is 5.69 Å². The van der Waals surface area contributed by atoms with Gasteiger partial charge in [-0.1, -0.05) is 32.1 Å². The Morgan fingerprint density at radius 1 is 1.11 bits per heavy atom. The third-order valence-corrected chi connectivity index (χ3v) is 6.14. The summed E-state index contributed by atoms with van der Waals surface area (Å²) in [6, 6.07) is 6.27. The molecule has 1 amide bonds. The molecule has 28 heavy (non-hydrogen) atoms. The zero-order chi connectivity index (χ0) is 20.1. The lowest BCUT2D eigenvalue weighted by atomic mass is 9.94. The number of anilines is 1. The Morgan fingerprint density at radius 2 is 1.75 bits per heavy atom. The summed E-state index contributed by atoms with van der Waals surface area (Å²) in [4.78, 5) is 21.5. The van der Waals surface area contributed by atoms with Crippen LogP contribution in [0, 0.1) is 18.2 Å². The van der Waals surface area contributed by atoms with Gasteiger partial charge in [-0.2, -0.15) is 10.1 Å². The zero-order valence-corrected chi connectivity index (χ0v) is 17.4. The molecule has 4 rings (SSSR count). The van der Waals surface area contributed by atoms with Gasteiger partial charge in [-0.05, 0) is 31.2 Å². The SMILES string of the molecule is Cc1nn(-c2ccc(F)cc2)c2nc(N3CCN(C(=O)C(C)(C)C)CC3)sc12. The van der Waals surface area contributed by atoms with Crippen LogP contribution in [0.4, 0.5) is 9.52 Å². The van der Waals surface area contributed by atoms with Gasteiger partial charge in [0.25, 0.3) is 0 Å². The Kier molecular flexibility index (Phi) is 4.61. The van der Waals surface area contributed by atoms with Crippen molar-refractivity contribution in [2.75, 3.05) is 31.1 Å². The van der Waals surface area contributed by atoms with E-state index in [2.05, 4.69) is 10.00 Å². The van der Waals surface area contributed by atoms with E-state index in [9.17, 15) is 9.18 Å². The molecule has 1 saturated heterocycles. The van der Waals surface area contributed by atoms with Crippen molar-refractivity contribution in [2.45, 2.75) is 27.7 Å². The Morgan fingerprint density at radius 3 is 2.36 bits per heavy atom. The summed E-state index contributed by atoms with van der Waals surface area (Å²) in [7, 11) is 0. The fraction of sp³-hybridized carbons (Fsp3) is 0.450. The van der Waals surface area contributed by atoms with E-state index in [0.717, 1.165) is 39.9 Å². The second kappa shape index (κ2) is 6.84. The van der Waals surface area contributed by atoms with Gasteiger partial charge in [0.2, 0.25) is 5.91 Å². The van der Waals surface area contributed by atoms with E-state index < -0.39 is 0 Å². The minimum Gasteiger partial charge on any atom is -0.344 e. The first-order valence-electron chi connectivity index (χ1n) is 9.40. The number of halogens is 1. The summed E-state index contributed by atoms with van der Waals surface area (Å²) >= 11 is 1.62. The molecule has 1 aliphatic rings. The number of hydrogen-bond acceptors (Lipinski definition) is 5. The third kappa shape index (κ3) is 3.37. The van der Waals surface area contributed by atoms with E-state index in [1.54, 1.807) is 28.2 Å². The molecule has 148 valence electrons. The van der Waals surface area contributed by atoms with Gasteiger partial charge in [0, 0.05) is 31.6 Å². The van der Waals surface area contributed by atoms with Crippen LogP contribution in [0.1, 0.15) is 26.5 Å². The number of benzene rings is 1. The van der Waals surface area contributed by atoms with Gasteiger partial charge in [-0.3, -0.25) is 4.79 Å². The van der Waals surface area contributed by atoms with E-state index >= 15 is 0 Å². The highest BCUT2D eigenvalue weighted by molar-refractivity contribution is 7.22. The number of piperazine rings is 1. The smallest absolute Gasteiger partial charge is 0.228 e. The number of thiazole rings is 1. The van der Waals surface area contributed by atoms with Crippen LogP contribution >= 0.6 is 11.3 Å². The summed E-state index contributed by atoms with van der Waals surface area (Å²) in [6.45, 7) is 10.8. The fourth-order valence-corrected chi connectivity index (χ4v) is 4.43. The molecule has 6 nitrogen and oxygen atoms in total. The van der Waals surface area contributed by atoms with Crippen LogP contribution in [0.25, 0.3) is 16.0 Å². The molecule has 8 heteroatoms.